The number of amides is 1. The Bertz CT molecular complexity index is 761. The van der Waals surface area contributed by atoms with E-state index in [4.69, 9.17) is 9.15 Å². The van der Waals surface area contributed by atoms with E-state index < -0.39 is 0 Å². The summed E-state index contributed by atoms with van der Waals surface area (Å²) in [6.45, 7) is 2.78. The van der Waals surface area contributed by atoms with Crippen LogP contribution in [0.25, 0.3) is 11.3 Å². The molecule has 2 heterocycles. The summed E-state index contributed by atoms with van der Waals surface area (Å²) in [5.41, 5.74) is 2.30. The highest BCUT2D eigenvalue weighted by Crippen LogP contribution is 2.59. The van der Waals surface area contributed by atoms with Crippen molar-refractivity contribution < 1.29 is 13.9 Å². The summed E-state index contributed by atoms with van der Waals surface area (Å²) in [7, 11) is 3.75. The van der Waals surface area contributed by atoms with Crippen LogP contribution in [0.3, 0.4) is 0 Å². The van der Waals surface area contributed by atoms with Gasteiger partial charge in [0, 0.05) is 43.9 Å². The first-order valence-corrected chi connectivity index (χ1v) is 9.02. The topological polar surface area (TPSA) is 60.5 Å². The van der Waals surface area contributed by atoms with E-state index in [1.54, 1.807) is 23.4 Å². The molecule has 4 rings (SSSR count). The minimum Gasteiger partial charge on any atom is -0.472 e. The molecule has 134 valence electrons. The molecule has 0 aliphatic heterocycles. The summed E-state index contributed by atoms with van der Waals surface area (Å²) in [4.78, 5) is 15.1. The van der Waals surface area contributed by atoms with Gasteiger partial charge in [-0.2, -0.15) is 5.10 Å². The Kier molecular flexibility index (Phi) is 3.95. The molecule has 0 aromatic carbocycles. The molecule has 0 radical (unpaired) electrons. The molecule has 0 bridgehead atoms. The molecule has 2 saturated carbocycles. The van der Waals surface area contributed by atoms with Gasteiger partial charge in [0.2, 0.25) is 0 Å². The van der Waals surface area contributed by atoms with Gasteiger partial charge < -0.3 is 14.1 Å². The van der Waals surface area contributed by atoms with E-state index in [1.807, 2.05) is 32.0 Å². The number of furan rings is 1. The maximum Gasteiger partial charge on any atom is 0.257 e. The highest BCUT2D eigenvalue weighted by molar-refractivity contribution is 5.99. The highest BCUT2D eigenvalue weighted by atomic mass is 16.5. The standard InChI is InChI=1S/C19H25N3O3/c1-4-25-16-10-15(19(16)7-5-8-19)22(3)18(23)14-11-21(2)20-17(14)13-6-9-24-12-13/h6,9,11-12,15-16H,4-5,7-8,10H2,1-3H3/t15-,16+/m0/s1. The first kappa shape index (κ1) is 16.4. The van der Waals surface area contributed by atoms with Crippen molar-refractivity contribution in [1.82, 2.24) is 14.7 Å². The predicted molar refractivity (Wildman–Crippen MR) is 93.1 cm³/mol. The van der Waals surface area contributed by atoms with E-state index >= 15 is 0 Å². The zero-order valence-electron chi connectivity index (χ0n) is 15.1. The molecule has 0 unspecified atom stereocenters. The fourth-order valence-corrected chi connectivity index (χ4v) is 4.53. The van der Waals surface area contributed by atoms with Gasteiger partial charge in [-0.15, -0.1) is 0 Å². The summed E-state index contributed by atoms with van der Waals surface area (Å²) in [6, 6.07) is 2.09. The third-order valence-corrected chi connectivity index (χ3v) is 6.04. The lowest BCUT2D eigenvalue weighted by Crippen LogP contribution is -2.67. The molecule has 6 heteroatoms. The Balaban J connectivity index is 1.58. The smallest absolute Gasteiger partial charge is 0.257 e. The molecule has 2 aliphatic rings. The zero-order chi connectivity index (χ0) is 17.6. The maximum atomic E-state index is 13.2. The average molecular weight is 343 g/mol. The van der Waals surface area contributed by atoms with Crippen molar-refractivity contribution in [3.05, 3.63) is 30.4 Å². The van der Waals surface area contributed by atoms with E-state index in [2.05, 4.69) is 5.10 Å². The molecule has 1 spiro atoms. The largest absolute Gasteiger partial charge is 0.472 e. The lowest BCUT2D eigenvalue weighted by molar-refractivity contribution is -0.192. The van der Waals surface area contributed by atoms with Crippen LogP contribution in [0.2, 0.25) is 0 Å². The lowest BCUT2D eigenvalue weighted by Gasteiger charge is -2.63. The van der Waals surface area contributed by atoms with Crippen molar-refractivity contribution in [3.8, 4) is 11.3 Å². The van der Waals surface area contributed by atoms with Gasteiger partial charge in [-0.25, -0.2) is 0 Å². The van der Waals surface area contributed by atoms with Crippen LogP contribution in [0.4, 0.5) is 0 Å². The first-order valence-electron chi connectivity index (χ1n) is 9.02. The van der Waals surface area contributed by atoms with E-state index in [0.717, 1.165) is 31.4 Å². The second kappa shape index (κ2) is 6.02. The fraction of sp³-hybridized carbons (Fsp3) is 0.579. The number of nitrogens with zero attached hydrogens (tertiary/aromatic N) is 3. The Morgan fingerprint density at radius 2 is 2.32 bits per heavy atom. The van der Waals surface area contributed by atoms with Crippen LogP contribution in [0.1, 0.15) is 43.0 Å². The van der Waals surface area contributed by atoms with Crippen LogP contribution in [0.15, 0.2) is 29.2 Å². The molecule has 2 aromatic rings. The van der Waals surface area contributed by atoms with E-state index in [0.29, 0.717) is 17.4 Å². The Morgan fingerprint density at radius 1 is 1.52 bits per heavy atom. The first-order chi connectivity index (χ1) is 12.1. The second-order valence-corrected chi connectivity index (χ2v) is 7.28. The van der Waals surface area contributed by atoms with Crippen LogP contribution in [0.5, 0.6) is 0 Å². The van der Waals surface area contributed by atoms with Crippen molar-refractivity contribution in [2.24, 2.45) is 12.5 Å². The van der Waals surface area contributed by atoms with Crippen molar-refractivity contribution in [3.63, 3.8) is 0 Å². The molecule has 2 atom stereocenters. The van der Waals surface area contributed by atoms with Gasteiger partial charge in [-0.3, -0.25) is 9.48 Å². The predicted octanol–water partition coefficient (Wildman–Crippen LogP) is 3.10. The molecular formula is C19H25N3O3. The number of aromatic nitrogens is 2. The number of carbonyl (C=O) groups is 1. The van der Waals surface area contributed by atoms with Crippen LogP contribution >= 0.6 is 0 Å². The highest BCUT2D eigenvalue weighted by Gasteiger charge is 2.61. The summed E-state index contributed by atoms with van der Waals surface area (Å²) in [5, 5.41) is 4.46. The fourth-order valence-electron chi connectivity index (χ4n) is 4.53. The van der Waals surface area contributed by atoms with Crippen LogP contribution in [0, 0.1) is 5.41 Å². The van der Waals surface area contributed by atoms with Gasteiger partial charge in [-0.1, -0.05) is 6.42 Å². The summed E-state index contributed by atoms with van der Waals surface area (Å²) in [5.74, 6) is 0.0236. The molecule has 0 saturated heterocycles. The molecule has 0 N–H and O–H groups in total. The molecule has 25 heavy (non-hydrogen) atoms. The second-order valence-electron chi connectivity index (χ2n) is 7.28. The van der Waals surface area contributed by atoms with Crippen molar-refractivity contribution in [2.45, 2.75) is 44.8 Å². The minimum absolute atomic E-state index is 0.0236. The van der Waals surface area contributed by atoms with Crippen LogP contribution in [-0.2, 0) is 11.8 Å². The number of ether oxygens (including phenoxy) is 1. The van der Waals surface area contributed by atoms with Crippen LogP contribution < -0.4 is 0 Å². The Hall–Kier alpha value is -2.08. The summed E-state index contributed by atoms with van der Waals surface area (Å²) >= 11 is 0. The van der Waals surface area contributed by atoms with Crippen molar-refractivity contribution in [2.75, 3.05) is 13.7 Å². The number of hydrogen-bond acceptors (Lipinski definition) is 4. The molecule has 2 fully saturated rings. The minimum atomic E-state index is 0.0236. The van der Waals surface area contributed by atoms with E-state index in [-0.39, 0.29) is 17.4 Å². The van der Waals surface area contributed by atoms with Crippen LogP contribution in [-0.4, -0.2) is 46.4 Å². The number of rotatable bonds is 5. The number of hydrogen-bond donors (Lipinski definition) is 0. The monoisotopic (exact) mass is 343 g/mol. The van der Waals surface area contributed by atoms with Gasteiger partial charge in [0.15, 0.2) is 0 Å². The third-order valence-electron chi connectivity index (χ3n) is 6.04. The normalized spacial score (nSPS) is 24.0. The summed E-state index contributed by atoms with van der Waals surface area (Å²) < 4.78 is 12.8. The summed E-state index contributed by atoms with van der Waals surface area (Å²) in [6.07, 6.45) is 9.79. The molecule has 6 nitrogen and oxygen atoms in total. The van der Waals surface area contributed by atoms with E-state index in [9.17, 15) is 4.79 Å². The lowest BCUT2D eigenvalue weighted by atomic mass is 9.50. The molecule has 1 amide bonds. The molecular weight excluding hydrogens is 318 g/mol. The molecule has 2 aliphatic carbocycles. The average Bonchev–Trinajstić information content (AvgIpc) is 3.17. The number of carbonyl (C=O) groups excluding carboxylic acids is 1. The SMILES string of the molecule is CCO[C@@H]1C[C@H](N(C)C(=O)c2cn(C)nc2-c2ccoc2)C12CCC2. The van der Waals surface area contributed by atoms with Gasteiger partial charge in [0.1, 0.15) is 5.69 Å². The quantitative estimate of drug-likeness (QED) is 0.837. The zero-order valence-corrected chi connectivity index (χ0v) is 15.1. The Labute approximate surface area is 147 Å². The van der Waals surface area contributed by atoms with Crippen molar-refractivity contribution in [1.29, 1.82) is 0 Å². The Morgan fingerprint density at radius 3 is 2.92 bits per heavy atom. The van der Waals surface area contributed by atoms with Gasteiger partial charge in [0.25, 0.3) is 5.91 Å². The molecule has 2 aromatic heterocycles. The van der Waals surface area contributed by atoms with Gasteiger partial charge >= 0.3 is 0 Å². The van der Waals surface area contributed by atoms with Crippen molar-refractivity contribution >= 4 is 5.91 Å². The van der Waals surface area contributed by atoms with Gasteiger partial charge in [-0.05, 0) is 32.3 Å². The third kappa shape index (κ3) is 2.42. The number of aryl methyl sites for hydroxylation is 1. The van der Waals surface area contributed by atoms with Gasteiger partial charge in [0.05, 0.1) is 24.2 Å². The maximum absolute atomic E-state index is 13.2. The van der Waals surface area contributed by atoms with E-state index in [1.165, 1.54) is 6.42 Å².